The molecule has 4 atom stereocenters. The topological polar surface area (TPSA) is 111 Å². The van der Waals surface area contributed by atoms with Gasteiger partial charge in [0.2, 0.25) is 5.78 Å². The zero-order valence-electron chi connectivity index (χ0n) is 26.1. The monoisotopic (exact) mass is 633 g/mol. The minimum absolute atomic E-state index is 0.177. The Balaban J connectivity index is 1.28. The van der Waals surface area contributed by atoms with Crippen molar-refractivity contribution in [2.75, 3.05) is 6.61 Å². The number of ether oxygens (including phenoxy) is 4. The van der Waals surface area contributed by atoms with Gasteiger partial charge in [0.05, 0.1) is 38.4 Å². The Morgan fingerprint density at radius 2 is 1.40 bits per heavy atom. The van der Waals surface area contributed by atoms with Crippen LogP contribution >= 0.6 is 0 Å². The zero-order chi connectivity index (χ0) is 32.3. The highest BCUT2D eigenvalue weighted by atomic mass is 16.6. The van der Waals surface area contributed by atoms with Crippen LogP contribution in [0, 0.1) is 6.92 Å². The number of hydrogen-bond donors (Lipinski definition) is 0. The Morgan fingerprint density at radius 1 is 0.830 bits per heavy atom. The molecule has 1 saturated heterocycles. The van der Waals surface area contributed by atoms with Gasteiger partial charge in [-0.05, 0) is 23.6 Å². The van der Waals surface area contributed by atoms with Crippen LogP contribution in [0.25, 0.3) is 16.9 Å². The predicted octanol–water partition coefficient (Wildman–Crippen LogP) is 4.79. The number of hydrogen-bond acceptors (Lipinski definition) is 8. The summed E-state index contributed by atoms with van der Waals surface area (Å²) >= 11 is 0. The fourth-order valence-electron chi connectivity index (χ4n) is 6.16. The van der Waals surface area contributed by atoms with Gasteiger partial charge in [-0.25, -0.2) is 14.4 Å². The van der Waals surface area contributed by atoms with Gasteiger partial charge in [-0.1, -0.05) is 91.0 Å². The van der Waals surface area contributed by atoms with E-state index in [2.05, 4.69) is 9.97 Å². The molecule has 0 radical (unpaired) electrons. The lowest BCUT2D eigenvalue weighted by Crippen LogP contribution is -2.38. The summed E-state index contributed by atoms with van der Waals surface area (Å²) in [6.45, 7) is 3.00. The summed E-state index contributed by atoms with van der Waals surface area (Å²) in [4.78, 5) is 34.6. The van der Waals surface area contributed by atoms with E-state index >= 15 is 0 Å². The molecule has 240 valence electrons. The molecule has 11 heteroatoms. The maximum absolute atomic E-state index is 13.7. The Kier molecular flexibility index (Phi) is 8.77. The molecule has 3 aromatic carbocycles. The van der Waals surface area contributed by atoms with Crippen molar-refractivity contribution in [2.45, 2.75) is 51.3 Å². The van der Waals surface area contributed by atoms with Crippen LogP contribution in [-0.4, -0.2) is 54.7 Å². The van der Waals surface area contributed by atoms with Gasteiger partial charge in [0, 0.05) is 7.05 Å². The molecule has 47 heavy (non-hydrogen) atoms. The Labute approximate surface area is 270 Å². The van der Waals surface area contributed by atoms with Crippen molar-refractivity contribution in [3.8, 4) is 0 Å². The number of aromatic nitrogens is 5. The number of aldehydes is 1. The van der Waals surface area contributed by atoms with E-state index in [1.807, 2.05) is 91.0 Å². The van der Waals surface area contributed by atoms with Crippen LogP contribution < -0.4 is 5.56 Å². The predicted molar refractivity (Wildman–Crippen MR) is 174 cm³/mol. The summed E-state index contributed by atoms with van der Waals surface area (Å²) in [6, 6.07) is 29.8. The molecule has 0 amide bonds. The largest absolute Gasteiger partial charge is 0.374 e. The number of aryl methyl sites for hydroxylation is 2. The summed E-state index contributed by atoms with van der Waals surface area (Å²) in [7, 11) is 1.79. The number of benzene rings is 3. The molecule has 4 heterocycles. The van der Waals surface area contributed by atoms with Crippen LogP contribution in [0.2, 0.25) is 0 Å². The molecule has 0 bridgehead atoms. The zero-order valence-corrected chi connectivity index (χ0v) is 26.1. The molecule has 0 aliphatic carbocycles. The third-order valence-electron chi connectivity index (χ3n) is 8.51. The van der Waals surface area contributed by atoms with E-state index in [0.29, 0.717) is 43.2 Å². The second-order valence-electron chi connectivity index (χ2n) is 11.6. The molecule has 11 nitrogen and oxygen atoms in total. The quantitative estimate of drug-likeness (QED) is 0.177. The van der Waals surface area contributed by atoms with E-state index in [4.69, 9.17) is 18.9 Å². The molecular weight excluding hydrogens is 598 g/mol. The van der Waals surface area contributed by atoms with Crippen molar-refractivity contribution in [1.29, 1.82) is 0 Å². The van der Waals surface area contributed by atoms with E-state index in [9.17, 15) is 9.59 Å². The lowest BCUT2D eigenvalue weighted by atomic mass is 10.1. The van der Waals surface area contributed by atoms with E-state index in [1.165, 1.54) is 4.40 Å². The second kappa shape index (κ2) is 13.4. The average Bonchev–Trinajstić information content (AvgIpc) is 3.80. The number of carbonyl (C=O) groups is 1. The SMILES string of the molecule is Cc1nc2n(C)c3c(ncn3[C@@H]3O[C@H](COCc4ccccc4)[C@@H](OCc4ccccc4)[C@H]3OCc3ccccc3)c(=O)n2c1C=O. The highest BCUT2D eigenvalue weighted by Crippen LogP contribution is 2.37. The third kappa shape index (κ3) is 6.01. The van der Waals surface area contributed by atoms with Gasteiger partial charge >= 0.3 is 0 Å². The Bertz CT molecular complexity index is 2040. The first-order valence-corrected chi connectivity index (χ1v) is 15.5. The van der Waals surface area contributed by atoms with Crippen molar-refractivity contribution in [3.63, 3.8) is 0 Å². The van der Waals surface area contributed by atoms with Crippen LogP contribution in [0.5, 0.6) is 0 Å². The first-order chi connectivity index (χ1) is 23.0. The van der Waals surface area contributed by atoms with Gasteiger partial charge in [-0.15, -0.1) is 0 Å². The molecule has 7 rings (SSSR count). The highest BCUT2D eigenvalue weighted by molar-refractivity contribution is 5.79. The minimum atomic E-state index is -0.732. The maximum Gasteiger partial charge on any atom is 0.287 e. The van der Waals surface area contributed by atoms with Gasteiger partial charge in [0.1, 0.15) is 24.0 Å². The van der Waals surface area contributed by atoms with Crippen LogP contribution in [0.1, 0.15) is 39.1 Å². The summed E-state index contributed by atoms with van der Waals surface area (Å²) in [5, 5.41) is 0. The van der Waals surface area contributed by atoms with Crippen molar-refractivity contribution >= 4 is 23.2 Å². The molecule has 1 aliphatic rings. The highest BCUT2D eigenvalue weighted by Gasteiger charge is 2.48. The summed E-state index contributed by atoms with van der Waals surface area (Å²) in [5.74, 6) is 0.322. The number of imidazole rings is 2. The minimum Gasteiger partial charge on any atom is -0.374 e. The van der Waals surface area contributed by atoms with Crippen molar-refractivity contribution in [2.24, 2.45) is 7.05 Å². The first kappa shape index (κ1) is 30.7. The van der Waals surface area contributed by atoms with Crippen LogP contribution in [0.15, 0.2) is 102 Å². The molecule has 0 unspecified atom stereocenters. The smallest absolute Gasteiger partial charge is 0.287 e. The number of rotatable bonds is 12. The van der Waals surface area contributed by atoms with E-state index in [1.54, 1.807) is 29.4 Å². The number of nitrogens with zero attached hydrogens (tertiary/aromatic N) is 5. The summed E-state index contributed by atoms with van der Waals surface area (Å²) in [5.41, 5.74) is 3.93. The molecule has 3 aromatic heterocycles. The van der Waals surface area contributed by atoms with Gasteiger partial charge < -0.3 is 18.9 Å². The summed E-state index contributed by atoms with van der Waals surface area (Å²) in [6.07, 6.45) is -0.175. The Hall–Kier alpha value is -4.94. The molecule has 0 N–H and O–H groups in total. The number of fused-ring (bicyclic) bond motifs is 2. The molecule has 6 aromatic rings. The molecule has 1 aliphatic heterocycles. The molecular formula is C36H35N5O6. The van der Waals surface area contributed by atoms with Gasteiger partial charge in [-0.3, -0.25) is 18.7 Å². The van der Waals surface area contributed by atoms with Crippen LogP contribution in [0.3, 0.4) is 0 Å². The molecule has 0 saturated carbocycles. The van der Waals surface area contributed by atoms with Crippen molar-refractivity contribution < 1.29 is 23.7 Å². The third-order valence-corrected chi connectivity index (χ3v) is 8.51. The van der Waals surface area contributed by atoms with Crippen molar-refractivity contribution in [1.82, 2.24) is 23.5 Å². The fraction of sp³-hybridized carbons (Fsp3) is 0.278. The van der Waals surface area contributed by atoms with Crippen LogP contribution in [0.4, 0.5) is 0 Å². The molecule has 1 fully saturated rings. The first-order valence-electron chi connectivity index (χ1n) is 15.5. The lowest BCUT2D eigenvalue weighted by Gasteiger charge is -2.26. The maximum atomic E-state index is 13.7. The van der Waals surface area contributed by atoms with Gasteiger partial charge in [0.25, 0.3) is 5.56 Å². The average molecular weight is 634 g/mol. The normalized spacial score (nSPS) is 19.5. The lowest BCUT2D eigenvalue weighted by molar-refractivity contribution is -0.0914. The van der Waals surface area contributed by atoms with Gasteiger partial charge in [-0.2, -0.15) is 0 Å². The fourth-order valence-corrected chi connectivity index (χ4v) is 6.16. The van der Waals surface area contributed by atoms with Crippen molar-refractivity contribution in [3.05, 3.63) is 136 Å². The van der Waals surface area contributed by atoms with E-state index in [0.717, 1.165) is 16.7 Å². The van der Waals surface area contributed by atoms with Crippen LogP contribution in [-0.2, 0) is 45.8 Å². The Morgan fingerprint density at radius 3 is 2.00 bits per heavy atom. The van der Waals surface area contributed by atoms with E-state index in [-0.39, 0.29) is 17.8 Å². The second-order valence-corrected chi connectivity index (χ2v) is 11.6. The van der Waals surface area contributed by atoms with E-state index < -0.39 is 30.1 Å². The molecule has 0 spiro atoms. The number of carbonyl (C=O) groups excluding carboxylic acids is 1. The standard InChI is InChI=1S/C36H35N5O6/c1-24-28(18-42)41-34(43)30-33(39(2)36(41)38-24)40(23-37-30)35-32(46-21-27-16-10-5-11-17-27)31(45-20-26-14-8-4-9-15-26)29(47-35)22-44-19-25-12-6-3-7-13-25/h3-18,23,29,31-32,35H,19-22H2,1-2H3/t29-,31-,32-,35-/m1/s1. The summed E-state index contributed by atoms with van der Waals surface area (Å²) < 4.78 is 31.1. The van der Waals surface area contributed by atoms with Gasteiger partial charge in [0.15, 0.2) is 23.7 Å².